The topological polar surface area (TPSA) is 50.9 Å². The van der Waals surface area contributed by atoms with Gasteiger partial charge in [0.2, 0.25) is 0 Å². The van der Waals surface area contributed by atoms with Crippen molar-refractivity contribution in [3.8, 4) is 0 Å². The van der Waals surface area contributed by atoms with Gasteiger partial charge in [0.05, 0.1) is 11.9 Å². The minimum Gasteiger partial charge on any atom is -0.397 e. The molecule has 0 saturated heterocycles. The third kappa shape index (κ3) is 1.90. The fraction of sp³-hybridized carbons (Fsp3) is 0.706. The maximum Gasteiger partial charge on any atom is 0.126 e. The number of nitrogens with one attached hydrogen (secondary N) is 1. The largest absolute Gasteiger partial charge is 0.397 e. The van der Waals surface area contributed by atoms with Crippen LogP contribution >= 0.6 is 0 Å². The summed E-state index contributed by atoms with van der Waals surface area (Å²) in [6, 6.07) is 3.97. The molecule has 3 nitrogen and oxygen atoms in total. The van der Waals surface area contributed by atoms with Gasteiger partial charge in [0, 0.05) is 5.54 Å². The lowest BCUT2D eigenvalue weighted by Crippen LogP contribution is -2.61. The Labute approximate surface area is 121 Å². The van der Waals surface area contributed by atoms with Crippen molar-refractivity contribution < 1.29 is 0 Å². The van der Waals surface area contributed by atoms with Gasteiger partial charge in [0.1, 0.15) is 5.82 Å². The van der Waals surface area contributed by atoms with E-state index in [4.69, 9.17) is 5.73 Å². The second-order valence-electron chi connectivity index (χ2n) is 8.51. The molecule has 0 spiro atoms. The van der Waals surface area contributed by atoms with E-state index in [1.165, 1.54) is 38.5 Å². The molecule has 4 aliphatic carbocycles. The Morgan fingerprint density at radius 1 is 1.10 bits per heavy atom. The lowest BCUT2D eigenvalue weighted by atomic mass is 9.43. The van der Waals surface area contributed by atoms with Crippen LogP contribution in [0, 0.1) is 16.7 Å². The standard InChI is InChI=1S/C17H25N3/c1-15-5-12-6-16(2,9-15)11-17(7-12,10-15)20-14-4-3-13(18)8-19-14/h3-4,8,12H,5-7,9-11,18H2,1-2H3,(H,19,20). The molecule has 2 atom stereocenters. The van der Waals surface area contributed by atoms with Gasteiger partial charge in [-0.3, -0.25) is 0 Å². The summed E-state index contributed by atoms with van der Waals surface area (Å²) in [6.45, 7) is 5.01. The van der Waals surface area contributed by atoms with Crippen molar-refractivity contribution in [1.82, 2.24) is 4.98 Å². The predicted octanol–water partition coefficient (Wildman–Crippen LogP) is 3.82. The van der Waals surface area contributed by atoms with Crippen LogP contribution in [0.3, 0.4) is 0 Å². The molecule has 4 saturated carbocycles. The van der Waals surface area contributed by atoms with Crippen molar-refractivity contribution in [3.63, 3.8) is 0 Å². The van der Waals surface area contributed by atoms with Crippen LogP contribution in [0.4, 0.5) is 11.5 Å². The van der Waals surface area contributed by atoms with E-state index < -0.39 is 0 Å². The van der Waals surface area contributed by atoms with Gasteiger partial charge in [-0.15, -0.1) is 0 Å². The molecule has 3 N–H and O–H groups in total. The monoisotopic (exact) mass is 271 g/mol. The van der Waals surface area contributed by atoms with Crippen LogP contribution in [0.2, 0.25) is 0 Å². The third-order valence-electron chi connectivity index (χ3n) is 5.81. The molecule has 2 unspecified atom stereocenters. The Morgan fingerprint density at radius 3 is 2.35 bits per heavy atom. The highest BCUT2D eigenvalue weighted by atomic mass is 15.1. The number of nitrogen functional groups attached to an aromatic ring is 1. The van der Waals surface area contributed by atoms with Crippen LogP contribution in [-0.2, 0) is 0 Å². The summed E-state index contributed by atoms with van der Waals surface area (Å²) in [4.78, 5) is 4.46. The van der Waals surface area contributed by atoms with E-state index in [1.54, 1.807) is 6.20 Å². The van der Waals surface area contributed by atoms with Gasteiger partial charge in [-0.2, -0.15) is 0 Å². The van der Waals surface area contributed by atoms with Crippen LogP contribution < -0.4 is 11.1 Å². The summed E-state index contributed by atoms with van der Waals surface area (Å²) in [7, 11) is 0. The molecule has 4 bridgehead atoms. The molecule has 108 valence electrons. The number of aromatic nitrogens is 1. The second-order valence-corrected chi connectivity index (χ2v) is 8.51. The highest BCUT2D eigenvalue weighted by Gasteiger charge is 2.60. The minimum absolute atomic E-state index is 0.270. The van der Waals surface area contributed by atoms with Crippen molar-refractivity contribution in [2.75, 3.05) is 11.1 Å². The zero-order valence-corrected chi connectivity index (χ0v) is 12.6. The van der Waals surface area contributed by atoms with Crippen molar-refractivity contribution in [2.24, 2.45) is 16.7 Å². The second kappa shape index (κ2) is 3.69. The highest BCUT2D eigenvalue weighted by Crippen LogP contribution is 2.66. The molecule has 3 heteroatoms. The van der Waals surface area contributed by atoms with Gasteiger partial charge >= 0.3 is 0 Å². The van der Waals surface area contributed by atoms with Gasteiger partial charge in [-0.25, -0.2) is 4.98 Å². The lowest BCUT2D eigenvalue weighted by Gasteiger charge is -2.65. The highest BCUT2D eigenvalue weighted by molar-refractivity contribution is 5.46. The fourth-order valence-electron chi connectivity index (χ4n) is 6.34. The average Bonchev–Trinajstić information content (AvgIpc) is 2.27. The Hall–Kier alpha value is -1.25. The molecule has 1 aromatic heterocycles. The van der Waals surface area contributed by atoms with E-state index in [2.05, 4.69) is 24.1 Å². The maximum absolute atomic E-state index is 5.74. The van der Waals surface area contributed by atoms with E-state index in [9.17, 15) is 0 Å². The number of hydrogen-bond acceptors (Lipinski definition) is 3. The third-order valence-corrected chi connectivity index (χ3v) is 5.81. The summed E-state index contributed by atoms with van der Waals surface area (Å²) in [5.74, 6) is 1.90. The van der Waals surface area contributed by atoms with E-state index in [0.29, 0.717) is 10.8 Å². The first kappa shape index (κ1) is 12.5. The van der Waals surface area contributed by atoms with E-state index >= 15 is 0 Å². The van der Waals surface area contributed by atoms with Crippen LogP contribution in [0.5, 0.6) is 0 Å². The van der Waals surface area contributed by atoms with Crippen molar-refractivity contribution in [2.45, 2.75) is 57.9 Å². The number of pyridine rings is 1. The van der Waals surface area contributed by atoms with Crippen LogP contribution in [0.15, 0.2) is 18.3 Å². The van der Waals surface area contributed by atoms with Crippen molar-refractivity contribution in [1.29, 1.82) is 0 Å². The number of nitrogens with two attached hydrogens (primary N) is 1. The zero-order chi connectivity index (χ0) is 14.0. The van der Waals surface area contributed by atoms with Gasteiger partial charge in [-0.05, 0) is 67.4 Å². The molecule has 0 aromatic carbocycles. The maximum atomic E-state index is 5.74. The molecule has 0 aliphatic heterocycles. The molecular formula is C17H25N3. The lowest BCUT2D eigenvalue weighted by molar-refractivity contribution is -0.0973. The SMILES string of the molecule is CC12CC3CC(C)(C1)CC(Nc1ccc(N)cn1)(C3)C2. The van der Waals surface area contributed by atoms with Gasteiger partial charge in [0.15, 0.2) is 0 Å². The molecule has 1 heterocycles. The van der Waals surface area contributed by atoms with Crippen LogP contribution in [-0.4, -0.2) is 10.5 Å². The number of nitrogens with zero attached hydrogens (tertiary/aromatic N) is 1. The van der Waals surface area contributed by atoms with E-state index in [1.807, 2.05) is 12.1 Å². The molecular weight excluding hydrogens is 246 g/mol. The summed E-state index contributed by atoms with van der Waals surface area (Å²) >= 11 is 0. The Bertz CT molecular complexity index is 518. The van der Waals surface area contributed by atoms with Crippen molar-refractivity contribution in [3.05, 3.63) is 18.3 Å². The van der Waals surface area contributed by atoms with Gasteiger partial charge in [-0.1, -0.05) is 13.8 Å². The molecule has 0 radical (unpaired) electrons. The summed E-state index contributed by atoms with van der Waals surface area (Å²) in [5.41, 5.74) is 7.82. The Kier molecular flexibility index (Phi) is 2.30. The van der Waals surface area contributed by atoms with Crippen LogP contribution in [0.1, 0.15) is 52.4 Å². The number of anilines is 2. The Morgan fingerprint density at radius 2 is 1.80 bits per heavy atom. The summed E-state index contributed by atoms with van der Waals surface area (Å²) < 4.78 is 0. The quantitative estimate of drug-likeness (QED) is 0.859. The number of hydrogen-bond donors (Lipinski definition) is 2. The molecule has 0 amide bonds. The first-order valence-electron chi connectivity index (χ1n) is 7.88. The van der Waals surface area contributed by atoms with E-state index in [0.717, 1.165) is 17.4 Å². The molecule has 1 aromatic rings. The normalized spacial score (nSPS) is 45.6. The van der Waals surface area contributed by atoms with Gasteiger partial charge < -0.3 is 11.1 Å². The Balaban J connectivity index is 1.65. The first-order chi connectivity index (χ1) is 9.38. The van der Waals surface area contributed by atoms with Crippen molar-refractivity contribution >= 4 is 11.5 Å². The molecule has 20 heavy (non-hydrogen) atoms. The predicted molar refractivity (Wildman–Crippen MR) is 82.4 cm³/mol. The number of rotatable bonds is 2. The average molecular weight is 271 g/mol. The fourth-order valence-corrected chi connectivity index (χ4v) is 6.34. The summed E-state index contributed by atoms with van der Waals surface area (Å²) in [6.07, 6.45) is 9.96. The first-order valence-corrected chi connectivity index (χ1v) is 7.88. The molecule has 5 rings (SSSR count). The van der Waals surface area contributed by atoms with Crippen LogP contribution in [0.25, 0.3) is 0 Å². The smallest absolute Gasteiger partial charge is 0.126 e. The zero-order valence-electron chi connectivity index (χ0n) is 12.6. The van der Waals surface area contributed by atoms with E-state index in [-0.39, 0.29) is 5.54 Å². The molecule has 4 aliphatic rings. The minimum atomic E-state index is 0.270. The van der Waals surface area contributed by atoms with Gasteiger partial charge in [0.25, 0.3) is 0 Å². The summed E-state index contributed by atoms with van der Waals surface area (Å²) in [5, 5.41) is 3.80. The molecule has 4 fully saturated rings.